The molecule has 1 aromatic carbocycles. The number of likely N-dealkylation sites (tertiary alicyclic amines) is 1. The van der Waals surface area contributed by atoms with Crippen molar-refractivity contribution >= 4 is 17.6 Å². The number of carbonyl (C=O) groups is 2. The van der Waals surface area contributed by atoms with E-state index in [1.165, 1.54) is 5.56 Å². The Morgan fingerprint density at radius 1 is 1.35 bits per heavy atom. The highest BCUT2D eigenvalue weighted by Crippen LogP contribution is 2.28. The lowest BCUT2D eigenvalue weighted by molar-refractivity contribution is -0.138. The summed E-state index contributed by atoms with van der Waals surface area (Å²) in [7, 11) is 0. The Labute approximate surface area is 117 Å². The number of para-hydroxylation sites is 1. The second kappa shape index (κ2) is 5.15. The first kappa shape index (κ1) is 13.0. The number of rotatable bonds is 3. The summed E-state index contributed by atoms with van der Waals surface area (Å²) in [5.74, 6) is -0.593. The van der Waals surface area contributed by atoms with Crippen molar-refractivity contribution in [2.75, 3.05) is 18.4 Å². The zero-order valence-corrected chi connectivity index (χ0v) is 11.2. The van der Waals surface area contributed by atoms with Crippen LogP contribution in [0.25, 0.3) is 0 Å². The number of amides is 1. The van der Waals surface area contributed by atoms with Crippen LogP contribution in [0.3, 0.4) is 0 Å². The molecule has 5 heteroatoms. The summed E-state index contributed by atoms with van der Waals surface area (Å²) in [4.78, 5) is 25.0. The van der Waals surface area contributed by atoms with Crippen LogP contribution in [0.15, 0.2) is 24.3 Å². The van der Waals surface area contributed by atoms with Gasteiger partial charge >= 0.3 is 5.97 Å². The summed E-state index contributed by atoms with van der Waals surface area (Å²) in [6, 6.07) is 7.76. The Morgan fingerprint density at radius 2 is 2.15 bits per heavy atom. The lowest BCUT2D eigenvalue weighted by Crippen LogP contribution is -2.40. The Hall–Kier alpha value is -2.04. The van der Waals surface area contributed by atoms with E-state index in [4.69, 9.17) is 5.11 Å². The molecule has 0 aliphatic carbocycles. The van der Waals surface area contributed by atoms with Crippen molar-refractivity contribution in [2.24, 2.45) is 5.92 Å². The molecule has 2 unspecified atom stereocenters. The van der Waals surface area contributed by atoms with Crippen LogP contribution < -0.4 is 5.32 Å². The van der Waals surface area contributed by atoms with Gasteiger partial charge in [-0.25, -0.2) is 0 Å². The maximum atomic E-state index is 12.5. The molecule has 0 radical (unpaired) electrons. The van der Waals surface area contributed by atoms with Crippen LogP contribution in [0.5, 0.6) is 0 Å². The van der Waals surface area contributed by atoms with Crippen LogP contribution in [-0.4, -0.2) is 41.0 Å². The summed E-state index contributed by atoms with van der Waals surface area (Å²) >= 11 is 0. The molecule has 2 aliphatic heterocycles. The molecule has 1 aromatic rings. The number of benzene rings is 1. The van der Waals surface area contributed by atoms with Gasteiger partial charge in [0.15, 0.2) is 0 Å². The van der Waals surface area contributed by atoms with Gasteiger partial charge in [0.1, 0.15) is 6.04 Å². The van der Waals surface area contributed by atoms with Crippen LogP contribution in [0.2, 0.25) is 0 Å². The van der Waals surface area contributed by atoms with E-state index in [0.29, 0.717) is 13.1 Å². The van der Waals surface area contributed by atoms with E-state index >= 15 is 0 Å². The molecule has 2 aliphatic rings. The maximum absolute atomic E-state index is 12.5. The number of carboxylic acid groups (broad SMARTS) is 1. The molecule has 2 N–H and O–H groups in total. The molecule has 0 aromatic heterocycles. The van der Waals surface area contributed by atoms with Gasteiger partial charge in [-0.15, -0.1) is 0 Å². The smallest absolute Gasteiger partial charge is 0.303 e. The topological polar surface area (TPSA) is 69.6 Å². The van der Waals surface area contributed by atoms with Gasteiger partial charge in [0, 0.05) is 31.6 Å². The highest BCUT2D eigenvalue weighted by molar-refractivity contribution is 5.87. The number of nitrogens with zero attached hydrogens (tertiary/aromatic N) is 1. The Bertz CT molecular complexity index is 519. The minimum Gasteiger partial charge on any atom is -0.481 e. The van der Waals surface area contributed by atoms with E-state index in [9.17, 15) is 9.59 Å². The second-order valence-corrected chi connectivity index (χ2v) is 5.60. The zero-order valence-electron chi connectivity index (χ0n) is 11.2. The van der Waals surface area contributed by atoms with E-state index in [1.807, 2.05) is 24.3 Å². The van der Waals surface area contributed by atoms with Crippen LogP contribution >= 0.6 is 0 Å². The summed E-state index contributed by atoms with van der Waals surface area (Å²) in [6.45, 7) is 1.24. The molecule has 3 rings (SSSR count). The lowest BCUT2D eigenvalue weighted by Gasteiger charge is -2.21. The SMILES string of the molecule is O=C(O)CC1CCN(C(=O)C2Cc3ccccc3N2)C1. The Kier molecular flexibility index (Phi) is 3.34. The quantitative estimate of drug-likeness (QED) is 0.873. The van der Waals surface area contributed by atoms with Crippen molar-refractivity contribution in [3.63, 3.8) is 0 Å². The first-order valence-electron chi connectivity index (χ1n) is 6.98. The number of carbonyl (C=O) groups excluding carboxylic acids is 1. The van der Waals surface area contributed by atoms with Crippen molar-refractivity contribution in [1.82, 2.24) is 4.90 Å². The molecule has 5 nitrogen and oxygen atoms in total. The standard InChI is InChI=1S/C15H18N2O3/c18-14(19)7-10-5-6-17(9-10)15(20)13-8-11-3-1-2-4-12(11)16-13/h1-4,10,13,16H,5-9H2,(H,18,19). The van der Waals surface area contributed by atoms with Crippen LogP contribution in [0.4, 0.5) is 5.69 Å². The fraction of sp³-hybridized carbons (Fsp3) is 0.467. The Morgan fingerprint density at radius 3 is 2.90 bits per heavy atom. The number of carboxylic acids is 1. The van der Waals surface area contributed by atoms with Crippen molar-refractivity contribution in [1.29, 1.82) is 0 Å². The molecule has 0 spiro atoms. The Balaban J connectivity index is 1.60. The molecule has 2 heterocycles. The van der Waals surface area contributed by atoms with Gasteiger partial charge in [-0.2, -0.15) is 0 Å². The van der Waals surface area contributed by atoms with Gasteiger partial charge in [-0.05, 0) is 24.0 Å². The van der Waals surface area contributed by atoms with Crippen molar-refractivity contribution in [3.8, 4) is 0 Å². The van der Waals surface area contributed by atoms with Gasteiger partial charge in [-0.1, -0.05) is 18.2 Å². The monoisotopic (exact) mass is 274 g/mol. The number of nitrogens with one attached hydrogen (secondary N) is 1. The molecule has 1 fully saturated rings. The largest absolute Gasteiger partial charge is 0.481 e. The first-order valence-corrected chi connectivity index (χ1v) is 6.98. The van der Waals surface area contributed by atoms with Crippen LogP contribution in [0.1, 0.15) is 18.4 Å². The molecule has 106 valence electrons. The minimum atomic E-state index is -0.782. The second-order valence-electron chi connectivity index (χ2n) is 5.60. The molecular formula is C15H18N2O3. The van der Waals surface area contributed by atoms with E-state index in [1.54, 1.807) is 4.90 Å². The molecular weight excluding hydrogens is 256 g/mol. The average Bonchev–Trinajstić information content (AvgIpc) is 3.03. The molecule has 1 amide bonds. The molecule has 1 saturated heterocycles. The van der Waals surface area contributed by atoms with E-state index in [2.05, 4.69) is 5.32 Å². The summed E-state index contributed by atoms with van der Waals surface area (Å²) < 4.78 is 0. The normalized spacial score (nSPS) is 24.3. The number of hydrogen-bond acceptors (Lipinski definition) is 3. The third-order valence-corrected chi connectivity index (χ3v) is 4.13. The van der Waals surface area contributed by atoms with Gasteiger partial charge in [-0.3, -0.25) is 9.59 Å². The van der Waals surface area contributed by atoms with Gasteiger partial charge in [0.05, 0.1) is 0 Å². The molecule has 0 saturated carbocycles. The van der Waals surface area contributed by atoms with Crippen molar-refractivity contribution in [3.05, 3.63) is 29.8 Å². The average molecular weight is 274 g/mol. The van der Waals surface area contributed by atoms with Gasteiger partial charge in [0.2, 0.25) is 5.91 Å². The van der Waals surface area contributed by atoms with Crippen molar-refractivity contribution < 1.29 is 14.7 Å². The first-order chi connectivity index (χ1) is 9.63. The van der Waals surface area contributed by atoms with Gasteiger partial charge < -0.3 is 15.3 Å². The van der Waals surface area contributed by atoms with Crippen molar-refractivity contribution in [2.45, 2.75) is 25.3 Å². The van der Waals surface area contributed by atoms with E-state index in [-0.39, 0.29) is 24.3 Å². The maximum Gasteiger partial charge on any atom is 0.303 e. The highest BCUT2D eigenvalue weighted by Gasteiger charge is 2.34. The zero-order chi connectivity index (χ0) is 14.1. The van der Waals surface area contributed by atoms with Crippen LogP contribution in [-0.2, 0) is 16.0 Å². The fourth-order valence-electron chi connectivity index (χ4n) is 3.11. The molecule has 0 bridgehead atoms. The number of anilines is 1. The van der Waals surface area contributed by atoms with E-state index in [0.717, 1.165) is 18.5 Å². The third kappa shape index (κ3) is 2.48. The number of hydrogen-bond donors (Lipinski definition) is 2. The minimum absolute atomic E-state index is 0.0917. The summed E-state index contributed by atoms with van der Waals surface area (Å²) in [5, 5.41) is 12.1. The predicted octanol–water partition coefficient (Wildman–Crippen LogP) is 1.35. The van der Waals surface area contributed by atoms with E-state index < -0.39 is 5.97 Å². The van der Waals surface area contributed by atoms with Crippen LogP contribution in [0, 0.1) is 5.92 Å². The predicted molar refractivity (Wildman–Crippen MR) is 74.5 cm³/mol. The molecule has 20 heavy (non-hydrogen) atoms. The molecule has 2 atom stereocenters. The number of aliphatic carboxylic acids is 1. The number of fused-ring (bicyclic) bond motifs is 1. The third-order valence-electron chi connectivity index (χ3n) is 4.13. The summed E-state index contributed by atoms with van der Waals surface area (Å²) in [5.41, 5.74) is 2.21. The highest BCUT2D eigenvalue weighted by atomic mass is 16.4. The fourth-order valence-corrected chi connectivity index (χ4v) is 3.11. The lowest BCUT2D eigenvalue weighted by atomic mass is 10.1. The van der Waals surface area contributed by atoms with Gasteiger partial charge in [0.25, 0.3) is 0 Å². The summed E-state index contributed by atoms with van der Waals surface area (Å²) in [6.07, 6.45) is 1.66.